The normalized spacial score (nSPS) is 38.5. The molecule has 3 saturated carbocycles. The van der Waals surface area contributed by atoms with E-state index >= 15 is 0 Å². The molecule has 4 aliphatic rings. The fourth-order valence-corrected chi connectivity index (χ4v) is 9.25. The topological polar surface area (TPSA) is 89.8 Å². The second-order valence-corrected chi connectivity index (χ2v) is 12.6. The van der Waals surface area contributed by atoms with Crippen LogP contribution in [0.4, 0.5) is 5.69 Å². The summed E-state index contributed by atoms with van der Waals surface area (Å²) in [7, 11) is 2.02. The lowest BCUT2D eigenvalue weighted by Gasteiger charge is -2.62. The summed E-state index contributed by atoms with van der Waals surface area (Å²) in [5.74, 6) is 2.82. The number of hydrogen-bond donors (Lipinski definition) is 0. The third-order valence-corrected chi connectivity index (χ3v) is 11.1. The molecule has 3 aliphatic carbocycles. The number of non-ortho nitro benzene ring substituents is 1. The van der Waals surface area contributed by atoms with E-state index in [0.717, 1.165) is 18.8 Å². The second-order valence-electron chi connectivity index (χ2n) is 12.6. The van der Waals surface area contributed by atoms with Crippen LogP contribution in [0.5, 0.6) is 0 Å². The highest BCUT2D eigenvalue weighted by atomic mass is 16.6. The lowest BCUT2D eigenvalue weighted by atomic mass is 9.46. The Morgan fingerprint density at radius 2 is 1.78 bits per heavy atom. The van der Waals surface area contributed by atoms with Gasteiger partial charge in [0, 0.05) is 31.6 Å². The predicted octanol–water partition coefficient (Wildman–Crippen LogP) is 5.87. The Bertz CT molecular complexity index is 1040. The summed E-state index contributed by atoms with van der Waals surface area (Å²) in [6, 6.07) is 6.00. The van der Waals surface area contributed by atoms with Gasteiger partial charge in [-0.3, -0.25) is 14.9 Å². The minimum absolute atomic E-state index is 0.0326. The van der Waals surface area contributed by atoms with Gasteiger partial charge in [-0.05, 0) is 97.5 Å². The molecule has 0 radical (unpaired) electrons. The largest absolute Gasteiger partial charge is 0.462 e. The molecule has 1 aromatic carbocycles. The maximum Gasteiger partial charge on any atom is 0.338 e. The van der Waals surface area contributed by atoms with E-state index < -0.39 is 10.9 Å². The van der Waals surface area contributed by atoms with Crippen LogP contribution in [0.1, 0.15) is 82.5 Å². The van der Waals surface area contributed by atoms with Crippen molar-refractivity contribution < 1.29 is 19.2 Å². The van der Waals surface area contributed by atoms with Crippen molar-refractivity contribution in [2.75, 3.05) is 13.7 Å². The molecule has 1 aliphatic heterocycles. The van der Waals surface area contributed by atoms with E-state index in [2.05, 4.69) is 25.7 Å². The number of fused-ring (bicyclic) bond motifs is 5. The van der Waals surface area contributed by atoms with Gasteiger partial charge in [0.25, 0.3) is 5.69 Å². The molecule has 1 unspecified atom stereocenters. The number of hydrogen-bond acceptors (Lipinski definition) is 5. The van der Waals surface area contributed by atoms with Crippen molar-refractivity contribution in [3.05, 3.63) is 39.9 Å². The van der Waals surface area contributed by atoms with Gasteiger partial charge in [-0.2, -0.15) is 0 Å². The van der Waals surface area contributed by atoms with Crippen molar-refractivity contribution in [3.8, 4) is 0 Å². The van der Waals surface area contributed by atoms with Gasteiger partial charge in [0.1, 0.15) is 0 Å². The summed E-state index contributed by atoms with van der Waals surface area (Å²) in [6.07, 6.45) is 8.94. The number of piperidine rings is 1. The Kier molecular flexibility index (Phi) is 6.40. The highest BCUT2D eigenvalue weighted by Gasteiger charge is 2.61. The smallest absolute Gasteiger partial charge is 0.338 e. The minimum Gasteiger partial charge on any atom is -0.462 e. The minimum atomic E-state index is -0.470. The first-order valence-electron chi connectivity index (χ1n) is 13.7. The predicted molar refractivity (Wildman–Crippen MR) is 136 cm³/mol. The molecule has 4 fully saturated rings. The van der Waals surface area contributed by atoms with Gasteiger partial charge in [-0.15, -0.1) is 0 Å². The summed E-state index contributed by atoms with van der Waals surface area (Å²) in [5, 5.41) is 10.9. The van der Waals surface area contributed by atoms with Gasteiger partial charge in [-0.1, -0.05) is 20.8 Å². The average Bonchev–Trinajstić information content (AvgIpc) is 3.22. The standard InChI is InChI=1S/C29H40N2O5/c1-18(17-36-27(33)19-5-7-20(8-6-19)31(34)35)22-10-11-23-21-9-12-25-29(3,16-14-26(32)30(25)4)24(21)13-15-28(22,23)2/h5-8,18,21-25H,9-17H2,1-4H3/t18?,21-,22+,23-,24-,25+,28+,29+/m0/s1. The summed E-state index contributed by atoms with van der Waals surface area (Å²) in [6.45, 7) is 7.55. The first-order chi connectivity index (χ1) is 17.1. The van der Waals surface area contributed by atoms with Crippen molar-refractivity contribution in [1.29, 1.82) is 0 Å². The number of likely N-dealkylation sites (tertiary alicyclic amines) is 1. The van der Waals surface area contributed by atoms with Crippen LogP contribution in [0.25, 0.3) is 0 Å². The molecular weight excluding hydrogens is 456 g/mol. The molecule has 0 bridgehead atoms. The van der Waals surface area contributed by atoms with E-state index in [0.29, 0.717) is 48.3 Å². The molecule has 0 N–H and O–H groups in total. The van der Waals surface area contributed by atoms with E-state index in [9.17, 15) is 19.7 Å². The summed E-state index contributed by atoms with van der Waals surface area (Å²) in [4.78, 5) is 37.5. The van der Waals surface area contributed by atoms with E-state index in [-0.39, 0.29) is 22.4 Å². The van der Waals surface area contributed by atoms with Gasteiger partial charge >= 0.3 is 5.97 Å². The highest BCUT2D eigenvalue weighted by molar-refractivity contribution is 5.89. The molecule has 36 heavy (non-hydrogen) atoms. The van der Waals surface area contributed by atoms with Crippen molar-refractivity contribution >= 4 is 17.6 Å². The number of esters is 1. The Balaban J connectivity index is 1.24. The number of nitro benzene ring substituents is 1. The maximum atomic E-state index is 12.6. The number of nitro groups is 1. The fourth-order valence-electron chi connectivity index (χ4n) is 9.25. The third kappa shape index (κ3) is 3.93. The van der Waals surface area contributed by atoms with Crippen LogP contribution in [0, 0.1) is 50.5 Å². The zero-order chi connectivity index (χ0) is 25.8. The van der Waals surface area contributed by atoms with Crippen molar-refractivity contribution in [3.63, 3.8) is 0 Å². The quantitative estimate of drug-likeness (QED) is 0.289. The number of carbonyl (C=O) groups excluding carboxylic acids is 2. The molecule has 1 aromatic rings. The van der Waals surface area contributed by atoms with Gasteiger partial charge in [0.05, 0.1) is 17.1 Å². The van der Waals surface area contributed by atoms with Gasteiger partial charge in [-0.25, -0.2) is 4.79 Å². The summed E-state index contributed by atoms with van der Waals surface area (Å²) in [5.41, 5.74) is 0.816. The van der Waals surface area contributed by atoms with Crippen LogP contribution in [-0.4, -0.2) is 41.4 Å². The van der Waals surface area contributed by atoms with Crippen LogP contribution in [0.3, 0.4) is 0 Å². The molecule has 7 heteroatoms. The van der Waals surface area contributed by atoms with Gasteiger partial charge in [0.2, 0.25) is 5.91 Å². The Hall–Kier alpha value is -2.44. The molecule has 5 rings (SSSR count). The van der Waals surface area contributed by atoms with Crippen molar-refractivity contribution in [2.24, 2.45) is 40.4 Å². The van der Waals surface area contributed by atoms with Crippen molar-refractivity contribution in [1.82, 2.24) is 4.90 Å². The molecule has 0 spiro atoms. The fraction of sp³-hybridized carbons (Fsp3) is 0.724. The number of benzene rings is 1. The van der Waals surface area contributed by atoms with E-state index in [4.69, 9.17) is 4.74 Å². The Morgan fingerprint density at radius 1 is 1.08 bits per heavy atom. The van der Waals surface area contributed by atoms with Crippen molar-refractivity contribution in [2.45, 2.75) is 78.2 Å². The molecule has 1 heterocycles. The molecule has 196 valence electrons. The first kappa shape index (κ1) is 25.2. The lowest BCUT2D eigenvalue weighted by Crippen LogP contribution is -2.61. The van der Waals surface area contributed by atoms with Gasteiger partial charge < -0.3 is 9.64 Å². The van der Waals surface area contributed by atoms with Crippen LogP contribution >= 0.6 is 0 Å². The number of carbonyl (C=O) groups is 2. The lowest BCUT2D eigenvalue weighted by molar-refractivity contribution is -0.384. The molecule has 1 amide bonds. The first-order valence-corrected chi connectivity index (χ1v) is 13.7. The van der Waals surface area contributed by atoms with E-state index in [1.807, 2.05) is 7.05 Å². The Morgan fingerprint density at radius 3 is 2.47 bits per heavy atom. The van der Waals surface area contributed by atoms with Crippen LogP contribution in [-0.2, 0) is 9.53 Å². The monoisotopic (exact) mass is 496 g/mol. The number of nitrogens with zero attached hydrogens (tertiary/aromatic N) is 2. The molecule has 0 aromatic heterocycles. The maximum absolute atomic E-state index is 12.6. The zero-order valence-electron chi connectivity index (χ0n) is 22.1. The van der Waals surface area contributed by atoms with Gasteiger partial charge in [0.15, 0.2) is 0 Å². The summed E-state index contributed by atoms with van der Waals surface area (Å²) < 4.78 is 5.70. The SMILES string of the molecule is CC(COC(=O)c1ccc([N+](=O)[O-])cc1)[C@H]1CC[C@H]2[C@@H]3CC[C@H]4N(C)C(=O)CC[C@]4(C)[C@H]3CC[C@]12C. The second kappa shape index (κ2) is 9.14. The molecular formula is C29H40N2O5. The zero-order valence-corrected chi connectivity index (χ0v) is 22.1. The molecule has 8 atom stereocenters. The molecule has 7 nitrogen and oxygen atoms in total. The van der Waals surface area contributed by atoms with Crippen LogP contribution < -0.4 is 0 Å². The molecule has 1 saturated heterocycles. The van der Waals surface area contributed by atoms with E-state index in [1.165, 1.54) is 56.4 Å². The summed E-state index contributed by atoms with van der Waals surface area (Å²) >= 11 is 0. The van der Waals surface area contributed by atoms with Crippen LogP contribution in [0.15, 0.2) is 24.3 Å². The highest BCUT2D eigenvalue weighted by Crippen LogP contribution is 2.67. The number of amides is 1. The van der Waals surface area contributed by atoms with E-state index in [1.54, 1.807) is 0 Å². The number of rotatable bonds is 5. The average molecular weight is 497 g/mol. The van der Waals surface area contributed by atoms with Crippen LogP contribution in [0.2, 0.25) is 0 Å². The Labute approximate surface area is 214 Å². The third-order valence-electron chi connectivity index (χ3n) is 11.1. The number of ether oxygens (including phenoxy) is 1.